The SMILES string of the molecule is COc1ccc(-c2cc(C(=O)NC[C@H](c3ccco3)N3CCCC3)nn2[C@H]2CCS(=O)(=O)C2)cc1. The average Bonchev–Trinajstić information content (AvgIpc) is 3.66. The Bertz CT molecular complexity index is 1260. The van der Waals surface area contributed by atoms with E-state index in [1.807, 2.05) is 36.4 Å². The fourth-order valence-electron chi connectivity index (χ4n) is 4.95. The molecule has 9 nitrogen and oxygen atoms in total. The van der Waals surface area contributed by atoms with E-state index in [0.717, 1.165) is 37.3 Å². The highest BCUT2D eigenvalue weighted by Crippen LogP contribution is 2.31. The van der Waals surface area contributed by atoms with E-state index in [-0.39, 0.29) is 35.2 Å². The Morgan fingerprint density at radius 1 is 1.23 bits per heavy atom. The normalized spacial score (nSPS) is 20.7. The zero-order valence-electron chi connectivity index (χ0n) is 19.7. The molecule has 4 heterocycles. The van der Waals surface area contributed by atoms with Crippen molar-refractivity contribution in [3.8, 4) is 17.0 Å². The zero-order valence-corrected chi connectivity index (χ0v) is 20.5. The Morgan fingerprint density at radius 3 is 2.63 bits per heavy atom. The molecule has 2 atom stereocenters. The molecule has 0 spiro atoms. The number of carbonyl (C=O) groups is 1. The monoisotopic (exact) mass is 498 g/mol. The van der Waals surface area contributed by atoms with Gasteiger partial charge in [-0.1, -0.05) is 0 Å². The van der Waals surface area contributed by atoms with E-state index >= 15 is 0 Å². The van der Waals surface area contributed by atoms with Crippen molar-refractivity contribution < 1.29 is 22.4 Å². The lowest BCUT2D eigenvalue weighted by Crippen LogP contribution is -2.36. The number of hydrogen-bond acceptors (Lipinski definition) is 7. The maximum atomic E-state index is 13.2. The number of aromatic nitrogens is 2. The summed E-state index contributed by atoms with van der Waals surface area (Å²) in [5.41, 5.74) is 1.81. The molecule has 2 aliphatic rings. The highest BCUT2D eigenvalue weighted by Gasteiger charge is 2.32. The molecule has 1 amide bonds. The number of rotatable bonds is 8. The van der Waals surface area contributed by atoms with Crippen molar-refractivity contribution in [2.24, 2.45) is 0 Å². The number of ether oxygens (including phenoxy) is 1. The van der Waals surface area contributed by atoms with E-state index in [1.165, 1.54) is 0 Å². The lowest BCUT2D eigenvalue weighted by atomic mass is 10.1. The van der Waals surface area contributed by atoms with Crippen LogP contribution in [0.5, 0.6) is 5.75 Å². The van der Waals surface area contributed by atoms with E-state index in [2.05, 4.69) is 15.3 Å². The van der Waals surface area contributed by atoms with Gasteiger partial charge in [-0.05, 0) is 74.8 Å². The molecular weight excluding hydrogens is 468 g/mol. The molecule has 35 heavy (non-hydrogen) atoms. The molecule has 0 aliphatic carbocycles. The molecule has 3 aromatic rings. The van der Waals surface area contributed by atoms with Gasteiger partial charge in [-0.2, -0.15) is 5.10 Å². The summed E-state index contributed by atoms with van der Waals surface area (Å²) < 4.78 is 36.9. The minimum absolute atomic E-state index is 0.0222. The molecule has 2 saturated heterocycles. The first-order valence-electron chi connectivity index (χ1n) is 11.9. The molecule has 2 aromatic heterocycles. The smallest absolute Gasteiger partial charge is 0.271 e. The van der Waals surface area contributed by atoms with Crippen molar-refractivity contribution in [1.29, 1.82) is 0 Å². The largest absolute Gasteiger partial charge is 0.497 e. The molecule has 2 aliphatic heterocycles. The van der Waals surface area contributed by atoms with Gasteiger partial charge in [-0.3, -0.25) is 14.4 Å². The summed E-state index contributed by atoms with van der Waals surface area (Å²) >= 11 is 0. The highest BCUT2D eigenvalue weighted by molar-refractivity contribution is 7.91. The van der Waals surface area contributed by atoms with E-state index < -0.39 is 9.84 Å². The van der Waals surface area contributed by atoms with E-state index in [4.69, 9.17) is 9.15 Å². The molecule has 0 bridgehead atoms. The summed E-state index contributed by atoms with van der Waals surface area (Å²) in [5.74, 6) is 1.39. The second kappa shape index (κ2) is 9.87. The van der Waals surface area contributed by atoms with Gasteiger partial charge in [0, 0.05) is 12.1 Å². The fraction of sp³-hybridized carbons (Fsp3) is 0.440. The number of methoxy groups -OCH3 is 1. The van der Waals surface area contributed by atoms with Crippen LogP contribution in [0.3, 0.4) is 0 Å². The summed E-state index contributed by atoms with van der Waals surface area (Å²) in [5, 5.41) is 7.61. The highest BCUT2D eigenvalue weighted by atomic mass is 32.2. The predicted octanol–water partition coefficient (Wildman–Crippen LogP) is 3.08. The standard InChI is InChI=1S/C25H30N4O5S/c1-33-20-8-6-18(7-9-20)22-15-21(27-29(22)19-10-14-35(31,32)17-19)25(30)26-16-23(24-5-4-13-34-24)28-11-2-3-12-28/h4-9,13,15,19,23H,2-3,10-12,14,16-17H2,1H3,(H,26,30)/t19-,23+/m0/s1. The molecule has 186 valence electrons. The van der Waals surface area contributed by atoms with Gasteiger partial charge in [0.1, 0.15) is 11.5 Å². The molecule has 5 rings (SSSR count). The molecule has 0 unspecified atom stereocenters. The van der Waals surface area contributed by atoms with Crippen LogP contribution in [0, 0.1) is 0 Å². The first kappa shape index (κ1) is 23.6. The van der Waals surface area contributed by atoms with Crippen molar-refractivity contribution >= 4 is 15.7 Å². The third-order valence-corrected chi connectivity index (χ3v) is 8.57. The van der Waals surface area contributed by atoms with Crippen molar-refractivity contribution in [2.45, 2.75) is 31.3 Å². The Balaban J connectivity index is 1.40. The Kier molecular flexibility index (Phi) is 6.66. The number of benzene rings is 1. The number of hydrogen-bond donors (Lipinski definition) is 1. The van der Waals surface area contributed by atoms with Crippen LogP contribution in [0.15, 0.2) is 53.1 Å². The Labute approximate surface area is 205 Å². The number of nitrogens with zero attached hydrogens (tertiary/aromatic N) is 3. The third-order valence-electron chi connectivity index (χ3n) is 6.82. The topological polar surface area (TPSA) is 107 Å². The number of furan rings is 1. The summed E-state index contributed by atoms with van der Waals surface area (Å²) in [6.07, 6.45) is 4.39. The number of likely N-dealkylation sites (tertiary alicyclic amines) is 1. The third kappa shape index (κ3) is 5.13. The van der Waals surface area contributed by atoms with Gasteiger partial charge < -0.3 is 14.5 Å². The van der Waals surface area contributed by atoms with Crippen molar-refractivity contribution in [1.82, 2.24) is 20.0 Å². The van der Waals surface area contributed by atoms with E-state index in [1.54, 1.807) is 24.1 Å². The van der Waals surface area contributed by atoms with E-state index in [9.17, 15) is 13.2 Å². The van der Waals surface area contributed by atoms with Crippen LogP contribution in [0.1, 0.15) is 47.6 Å². The van der Waals surface area contributed by atoms with Crippen molar-refractivity contribution in [3.05, 3.63) is 60.2 Å². The van der Waals surface area contributed by atoms with Gasteiger partial charge >= 0.3 is 0 Å². The van der Waals surface area contributed by atoms with Crippen LogP contribution in [-0.2, 0) is 9.84 Å². The quantitative estimate of drug-likeness (QED) is 0.509. The fourth-order valence-corrected chi connectivity index (χ4v) is 6.65. The van der Waals surface area contributed by atoms with Gasteiger partial charge in [0.15, 0.2) is 15.5 Å². The molecule has 0 radical (unpaired) electrons. The maximum absolute atomic E-state index is 13.2. The summed E-state index contributed by atoms with van der Waals surface area (Å²) in [7, 11) is -1.52. The average molecular weight is 499 g/mol. The van der Waals surface area contributed by atoms with Gasteiger partial charge in [0.05, 0.1) is 42.7 Å². The summed E-state index contributed by atoms with van der Waals surface area (Å²) in [6.45, 7) is 2.33. The van der Waals surface area contributed by atoms with Crippen molar-refractivity contribution in [3.63, 3.8) is 0 Å². The number of sulfone groups is 1. The molecule has 0 saturated carbocycles. The van der Waals surface area contributed by atoms with Crippen LogP contribution in [0.25, 0.3) is 11.3 Å². The molecule has 1 aromatic carbocycles. The first-order chi connectivity index (χ1) is 16.9. The molecule has 10 heteroatoms. The van der Waals surface area contributed by atoms with Gasteiger partial charge in [-0.15, -0.1) is 0 Å². The van der Waals surface area contributed by atoms with Crippen LogP contribution in [0.4, 0.5) is 0 Å². The lowest BCUT2D eigenvalue weighted by molar-refractivity contribution is 0.0927. The number of carbonyl (C=O) groups excluding carboxylic acids is 1. The summed E-state index contributed by atoms with van der Waals surface area (Å²) in [6, 6.07) is 12.6. The van der Waals surface area contributed by atoms with Crippen LogP contribution >= 0.6 is 0 Å². The van der Waals surface area contributed by atoms with Gasteiger partial charge in [0.25, 0.3) is 5.91 Å². The lowest BCUT2D eigenvalue weighted by Gasteiger charge is -2.25. The zero-order chi connectivity index (χ0) is 24.4. The maximum Gasteiger partial charge on any atom is 0.271 e. The van der Waals surface area contributed by atoms with Crippen molar-refractivity contribution in [2.75, 3.05) is 38.2 Å². The first-order valence-corrected chi connectivity index (χ1v) is 13.8. The minimum Gasteiger partial charge on any atom is -0.497 e. The van der Waals surface area contributed by atoms with E-state index in [0.29, 0.717) is 24.4 Å². The van der Waals surface area contributed by atoms with Gasteiger partial charge in [0.2, 0.25) is 0 Å². The van der Waals surface area contributed by atoms with Crippen LogP contribution in [-0.4, -0.2) is 67.3 Å². The van der Waals surface area contributed by atoms with Crippen LogP contribution in [0.2, 0.25) is 0 Å². The Hall–Kier alpha value is -3.11. The molecular formula is C25H30N4O5S. The second-order valence-corrected chi connectivity index (χ2v) is 11.4. The molecule has 2 fully saturated rings. The second-order valence-electron chi connectivity index (χ2n) is 9.13. The van der Waals surface area contributed by atoms with Gasteiger partial charge in [-0.25, -0.2) is 8.42 Å². The predicted molar refractivity (Wildman–Crippen MR) is 131 cm³/mol. The summed E-state index contributed by atoms with van der Waals surface area (Å²) in [4.78, 5) is 15.5. The number of amides is 1. The van der Waals surface area contributed by atoms with Crippen LogP contribution < -0.4 is 10.1 Å². The molecule has 1 N–H and O–H groups in total. The minimum atomic E-state index is -3.12. The Morgan fingerprint density at radius 2 is 2.00 bits per heavy atom. The number of nitrogens with one attached hydrogen (secondary N) is 1.